The highest BCUT2D eigenvalue weighted by Gasteiger charge is 2.18. The van der Waals surface area contributed by atoms with E-state index in [1.54, 1.807) is 42.7 Å². The third kappa shape index (κ3) is 6.00. The Labute approximate surface area is 147 Å². The van der Waals surface area contributed by atoms with Crippen molar-refractivity contribution in [2.24, 2.45) is 5.73 Å². The van der Waals surface area contributed by atoms with Crippen molar-refractivity contribution >= 4 is 17.6 Å². The standard InChI is InChI=1S/C19H23N3O3/c1-19(2,3)25-18(24)14-6-8-15(9-7-14)22-17(23)16(20)11-13-5-4-10-21-12-13/h4-10,12,16H,11,20H2,1-3H3,(H,22,23). The van der Waals surface area contributed by atoms with Crippen molar-refractivity contribution in [1.29, 1.82) is 0 Å². The van der Waals surface area contributed by atoms with Gasteiger partial charge in [0.15, 0.2) is 0 Å². The number of aromatic nitrogens is 1. The van der Waals surface area contributed by atoms with Gasteiger partial charge in [-0.2, -0.15) is 0 Å². The van der Waals surface area contributed by atoms with Crippen LogP contribution in [0.1, 0.15) is 36.7 Å². The maximum Gasteiger partial charge on any atom is 0.338 e. The Bertz CT molecular complexity index is 722. The molecule has 0 aliphatic carbocycles. The average molecular weight is 341 g/mol. The van der Waals surface area contributed by atoms with Gasteiger partial charge < -0.3 is 15.8 Å². The topological polar surface area (TPSA) is 94.3 Å². The van der Waals surface area contributed by atoms with Crippen LogP contribution in [0.2, 0.25) is 0 Å². The molecule has 0 saturated heterocycles. The number of carbonyl (C=O) groups is 2. The fourth-order valence-electron chi connectivity index (χ4n) is 2.13. The molecule has 1 unspecified atom stereocenters. The molecule has 1 amide bonds. The van der Waals surface area contributed by atoms with Gasteiger partial charge >= 0.3 is 5.97 Å². The number of esters is 1. The fraction of sp³-hybridized carbons (Fsp3) is 0.316. The SMILES string of the molecule is CC(C)(C)OC(=O)c1ccc(NC(=O)C(N)Cc2cccnc2)cc1. The summed E-state index contributed by atoms with van der Waals surface area (Å²) in [4.78, 5) is 28.1. The second-order valence-electron chi connectivity index (χ2n) is 6.74. The first-order valence-corrected chi connectivity index (χ1v) is 8.03. The lowest BCUT2D eigenvalue weighted by Crippen LogP contribution is -2.37. The van der Waals surface area contributed by atoms with Crippen LogP contribution in [0.3, 0.4) is 0 Å². The zero-order valence-electron chi connectivity index (χ0n) is 14.7. The van der Waals surface area contributed by atoms with Crippen molar-refractivity contribution in [3.05, 3.63) is 59.9 Å². The molecule has 2 rings (SSSR count). The Morgan fingerprint density at radius 3 is 2.44 bits per heavy atom. The van der Waals surface area contributed by atoms with Gasteiger partial charge in [0.2, 0.25) is 5.91 Å². The number of ether oxygens (including phenoxy) is 1. The molecule has 1 heterocycles. The number of nitrogens with zero attached hydrogens (tertiary/aromatic N) is 1. The van der Waals surface area contributed by atoms with Gasteiger partial charge in [-0.25, -0.2) is 4.79 Å². The number of hydrogen-bond acceptors (Lipinski definition) is 5. The summed E-state index contributed by atoms with van der Waals surface area (Å²) in [6.07, 6.45) is 3.75. The summed E-state index contributed by atoms with van der Waals surface area (Å²) in [5.74, 6) is -0.701. The Balaban J connectivity index is 1.94. The predicted octanol–water partition coefficient (Wildman–Crippen LogP) is 2.55. The van der Waals surface area contributed by atoms with Crippen LogP contribution in [0, 0.1) is 0 Å². The van der Waals surface area contributed by atoms with Gasteiger partial charge in [0, 0.05) is 18.1 Å². The second-order valence-corrected chi connectivity index (χ2v) is 6.74. The maximum atomic E-state index is 12.2. The lowest BCUT2D eigenvalue weighted by Gasteiger charge is -2.19. The molecule has 25 heavy (non-hydrogen) atoms. The molecular formula is C19H23N3O3. The molecule has 132 valence electrons. The molecule has 6 heteroatoms. The number of benzene rings is 1. The van der Waals surface area contributed by atoms with Gasteiger partial charge in [0.1, 0.15) is 5.60 Å². The minimum Gasteiger partial charge on any atom is -0.456 e. The third-order valence-electron chi connectivity index (χ3n) is 3.30. The molecule has 1 aromatic heterocycles. The molecule has 1 atom stereocenters. The van der Waals surface area contributed by atoms with Gasteiger partial charge in [0.05, 0.1) is 11.6 Å². The zero-order valence-corrected chi connectivity index (χ0v) is 14.7. The molecule has 0 aliphatic heterocycles. The highest BCUT2D eigenvalue weighted by molar-refractivity contribution is 5.96. The summed E-state index contributed by atoms with van der Waals surface area (Å²) in [6.45, 7) is 5.43. The number of pyridine rings is 1. The van der Waals surface area contributed by atoms with Crippen molar-refractivity contribution in [2.75, 3.05) is 5.32 Å². The average Bonchev–Trinajstić information content (AvgIpc) is 2.54. The zero-order chi connectivity index (χ0) is 18.4. The fourth-order valence-corrected chi connectivity index (χ4v) is 2.13. The van der Waals surface area contributed by atoms with Crippen LogP contribution in [0.4, 0.5) is 5.69 Å². The van der Waals surface area contributed by atoms with E-state index in [-0.39, 0.29) is 5.91 Å². The smallest absolute Gasteiger partial charge is 0.338 e. The van der Waals surface area contributed by atoms with Crippen LogP contribution in [-0.2, 0) is 16.0 Å². The Morgan fingerprint density at radius 2 is 1.88 bits per heavy atom. The summed E-state index contributed by atoms with van der Waals surface area (Å²) in [5, 5.41) is 2.74. The second kappa shape index (κ2) is 7.90. The van der Waals surface area contributed by atoms with E-state index < -0.39 is 17.6 Å². The summed E-state index contributed by atoms with van der Waals surface area (Å²) in [7, 11) is 0. The normalized spacial score (nSPS) is 12.3. The monoisotopic (exact) mass is 341 g/mol. The highest BCUT2D eigenvalue weighted by atomic mass is 16.6. The largest absolute Gasteiger partial charge is 0.456 e. The van der Waals surface area contributed by atoms with Crippen LogP contribution in [0.5, 0.6) is 0 Å². The molecule has 1 aromatic carbocycles. The van der Waals surface area contributed by atoms with E-state index in [0.717, 1.165) is 5.56 Å². The molecule has 0 fully saturated rings. The molecule has 2 aromatic rings. The summed E-state index contributed by atoms with van der Waals surface area (Å²) in [6, 6.07) is 9.49. The number of carbonyl (C=O) groups excluding carboxylic acids is 2. The quantitative estimate of drug-likeness (QED) is 0.815. The Morgan fingerprint density at radius 1 is 1.20 bits per heavy atom. The van der Waals surface area contributed by atoms with Crippen molar-refractivity contribution in [3.63, 3.8) is 0 Å². The van der Waals surface area contributed by atoms with E-state index in [1.807, 2.05) is 26.8 Å². The first-order valence-electron chi connectivity index (χ1n) is 8.03. The summed E-state index contributed by atoms with van der Waals surface area (Å²) >= 11 is 0. The van der Waals surface area contributed by atoms with Crippen LogP contribution >= 0.6 is 0 Å². The number of hydrogen-bond donors (Lipinski definition) is 2. The van der Waals surface area contributed by atoms with Crippen molar-refractivity contribution in [3.8, 4) is 0 Å². The van der Waals surface area contributed by atoms with Gasteiger partial charge in [-0.3, -0.25) is 9.78 Å². The van der Waals surface area contributed by atoms with Gasteiger partial charge in [-0.15, -0.1) is 0 Å². The number of rotatable bonds is 5. The Hall–Kier alpha value is -2.73. The predicted molar refractivity (Wildman–Crippen MR) is 96.2 cm³/mol. The first-order chi connectivity index (χ1) is 11.7. The molecule has 3 N–H and O–H groups in total. The first kappa shape index (κ1) is 18.6. The summed E-state index contributed by atoms with van der Waals surface area (Å²) < 4.78 is 5.30. The van der Waals surface area contributed by atoms with Crippen LogP contribution in [-0.4, -0.2) is 28.5 Å². The highest BCUT2D eigenvalue weighted by Crippen LogP contribution is 2.15. The van der Waals surface area contributed by atoms with Crippen molar-refractivity contribution in [2.45, 2.75) is 38.8 Å². The number of amides is 1. The molecule has 0 aliphatic rings. The van der Waals surface area contributed by atoms with Gasteiger partial charge in [-0.05, 0) is 63.1 Å². The molecule has 0 spiro atoms. The molecule has 0 radical (unpaired) electrons. The molecule has 6 nitrogen and oxygen atoms in total. The van der Waals surface area contributed by atoms with Crippen molar-refractivity contribution in [1.82, 2.24) is 4.98 Å². The maximum absolute atomic E-state index is 12.2. The minimum absolute atomic E-state index is 0.297. The van der Waals surface area contributed by atoms with Gasteiger partial charge in [0.25, 0.3) is 0 Å². The molecule has 0 bridgehead atoms. The van der Waals surface area contributed by atoms with E-state index in [1.165, 1.54) is 0 Å². The molecule has 0 saturated carbocycles. The number of nitrogens with two attached hydrogens (primary N) is 1. The van der Waals surface area contributed by atoms with Crippen LogP contribution in [0.25, 0.3) is 0 Å². The molecular weight excluding hydrogens is 318 g/mol. The third-order valence-corrected chi connectivity index (χ3v) is 3.30. The van der Waals surface area contributed by atoms with Gasteiger partial charge in [-0.1, -0.05) is 6.07 Å². The van der Waals surface area contributed by atoms with E-state index >= 15 is 0 Å². The van der Waals surface area contributed by atoms with E-state index in [9.17, 15) is 9.59 Å². The lowest BCUT2D eigenvalue weighted by atomic mass is 10.1. The van der Waals surface area contributed by atoms with Crippen molar-refractivity contribution < 1.29 is 14.3 Å². The number of nitrogens with one attached hydrogen (secondary N) is 1. The number of anilines is 1. The van der Waals surface area contributed by atoms with E-state index in [2.05, 4.69) is 10.3 Å². The van der Waals surface area contributed by atoms with Crippen LogP contribution < -0.4 is 11.1 Å². The Kier molecular flexibility index (Phi) is 5.88. The van der Waals surface area contributed by atoms with E-state index in [4.69, 9.17) is 10.5 Å². The van der Waals surface area contributed by atoms with E-state index in [0.29, 0.717) is 17.7 Å². The minimum atomic E-state index is -0.685. The summed E-state index contributed by atoms with van der Waals surface area (Å²) in [5.41, 5.74) is 7.26. The lowest BCUT2D eigenvalue weighted by molar-refractivity contribution is -0.117. The van der Waals surface area contributed by atoms with Crippen LogP contribution in [0.15, 0.2) is 48.8 Å².